The molecule has 0 aliphatic carbocycles. The molecule has 1 aromatic heterocycles. The second kappa shape index (κ2) is 6.40. The predicted octanol–water partition coefficient (Wildman–Crippen LogP) is 2.75. The second-order valence-corrected chi connectivity index (χ2v) is 4.27. The van der Waals surface area contributed by atoms with Crippen molar-refractivity contribution in [3.63, 3.8) is 0 Å². The van der Waals surface area contributed by atoms with Crippen LogP contribution in [0.4, 0.5) is 5.95 Å². The smallest absolute Gasteiger partial charge is 0.201 e. The average molecular weight is 246 g/mol. The van der Waals surface area contributed by atoms with Crippen LogP contribution < -0.4 is 10.6 Å². The van der Waals surface area contributed by atoms with Crippen LogP contribution in [0.25, 0.3) is 11.0 Å². The summed E-state index contributed by atoms with van der Waals surface area (Å²) >= 11 is 0. The fourth-order valence-corrected chi connectivity index (χ4v) is 2.18. The number of H-pyrrole nitrogens is 1. The lowest BCUT2D eigenvalue weighted by molar-refractivity contribution is 0.477. The standard InChI is InChI=1S/C12H16N4.C2H6/c1-2-4-11-10(3-1)15-12(16-11)14-9-5-7-13-8-6-9;1-2/h1-4,9,13H,5-8H2,(H2,14,15,16);1-2H3. The molecule has 2 heterocycles. The molecule has 2 aromatic rings. The van der Waals surface area contributed by atoms with Gasteiger partial charge >= 0.3 is 0 Å². The van der Waals surface area contributed by atoms with E-state index >= 15 is 0 Å². The maximum Gasteiger partial charge on any atom is 0.201 e. The molecule has 4 heteroatoms. The first-order chi connectivity index (χ1) is 8.92. The van der Waals surface area contributed by atoms with Gasteiger partial charge in [0.25, 0.3) is 0 Å². The van der Waals surface area contributed by atoms with E-state index in [1.807, 2.05) is 32.0 Å². The number of anilines is 1. The van der Waals surface area contributed by atoms with Crippen LogP contribution in [0.3, 0.4) is 0 Å². The number of hydrogen-bond acceptors (Lipinski definition) is 3. The number of para-hydroxylation sites is 2. The first-order valence-electron chi connectivity index (χ1n) is 6.84. The van der Waals surface area contributed by atoms with Gasteiger partial charge in [-0.3, -0.25) is 0 Å². The maximum atomic E-state index is 4.52. The van der Waals surface area contributed by atoms with Crippen LogP contribution in [-0.4, -0.2) is 29.1 Å². The fourth-order valence-electron chi connectivity index (χ4n) is 2.18. The number of piperidine rings is 1. The highest BCUT2D eigenvalue weighted by molar-refractivity contribution is 5.77. The van der Waals surface area contributed by atoms with E-state index in [4.69, 9.17) is 0 Å². The van der Waals surface area contributed by atoms with Crippen molar-refractivity contribution in [1.29, 1.82) is 0 Å². The first kappa shape index (κ1) is 12.9. The molecule has 3 N–H and O–H groups in total. The summed E-state index contributed by atoms with van der Waals surface area (Å²) in [5, 5.41) is 6.82. The Labute approximate surface area is 108 Å². The minimum Gasteiger partial charge on any atom is -0.353 e. The fraction of sp³-hybridized carbons (Fsp3) is 0.500. The van der Waals surface area contributed by atoms with Gasteiger partial charge in [-0.05, 0) is 38.1 Å². The molecule has 0 radical (unpaired) electrons. The summed E-state index contributed by atoms with van der Waals surface area (Å²) in [6.45, 7) is 6.19. The zero-order valence-electron chi connectivity index (χ0n) is 11.2. The molecular formula is C14H22N4. The highest BCUT2D eigenvalue weighted by Gasteiger charge is 2.13. The molecule has 0 saturated carbocycles. The van der Waals surface area contributed by atoms with Gasteiger partial charge in [0, 0.05) is 6.04 Å². The summed E-state index contributed by atoms with van der Waals surface area (Å²) in [4.78, 5) is 7.82. The number of nitrogens with zero attached hydrogens (tertiary/aromatic N) is 1. The van der Waals surface area contributed by atoms with Gasteiger partial charge in [0.05, 0.1) is 11.0 Å². The minimum absolute atomic E-state index is 0.543. The van der Waals surface area contributed by atoms with Crippen molar-refractivity contribution < 1.29 is 0 Å². The zero-order valence-corrected chi connectivity index (χ0v) is 11.2. The van der Waals surface area contributed by atoms with Gasteiger partial charge in [-0.2, -0.15) is 0 Å². The molecule has 0 unspecified atom stereocenters. The molecule has 3 rings (SSSR count). The number of aromatic amines is 1. The summed E-state index contributed by atoms with van der Waals surface area (Å²) in [5.41, 5.74) is 2.12. The Morgan fingerprint density at radius 1 is 1.17 bits per heavy atom. The van der Waals surface area contributed by atoms with Gasteiger partial charge in [0.2, 0.25) is 5.95 Å². The Morgan fingerprint density at radius 3 is 2.61 bits per heavy atom. The molecule has 0 spiro atoms. The van der Waals surface area contributed by atoms with Crippen molar-refractivity contribution in [2.24, 2.45) is 0 Å². The van der Waals surface area contributed by atoms with E-state index in [9.17, 15) is 0 Å². The number of hydrogen-bond donors (Lipinski definition) is 3. The van der Waals surface area contributed by atoms with Crippen molar-refractivity contribution in [2.75, 3.05) is 18.4 Å². The van der Waals surface area contributed by atoms with Gasteiger partial charge in [0.15, 0.2) is 0 Å². The Kier molecular flexibility index (Phi) is 4.59. The number of benzene rings is 1. The van der Waals surface area contributed by atoms with Gasteiger partial charge < -0.3 is 15.6 Å². The molecule has 1 fully saturated rings. The summed E-state index contributed by atoms with van der Waals surface area (Å²) in [6, 6.07) is 8.66. The molecule has 0 atom stereocenters. The number of nitrogens with one attached hydrogen (secondary N) is 3. The van der Waals surface area contributed by atoms with E-state index in [2.05, 4.69) is 26.7 Å². The van der Waals surface area contributed by atoms with Gasteiger partial charge in [-0.15, -0.1) is 0 Å². The van der Waals surface area contributed by atoms with Crippen molar-refractivity contribution in [1.82, 2.24) is 15.3 Å². The Morgan fingerprint density at radius 2 is 1.89 bits per heavy atom. The monoisotopic (exact) mass is 246 g/mol. The van der Waals surface area contributed by atoms with Crippen LogP contribution in [-0.2, 0) is 0 Å². The van der Waals surface area contributed by atoms with Gasteiger partial charge in [0.1, 0.15) is 0 Å². The van der Waals surface area contributed by atoms with Crippen molar-refractivity contribution in [3.8, 4) is 0 Å². The minimum atomic E-state index is 0.543. The van der Waals surface area contributed by atoms with E-state index < -0.39 is 0 Å². The molecule has 1 aromatic carbocycles. The molecule has 1 saturated heterocycles. The highest BCUT2D eigenvalue weighted by Crippen LogP contribution is 2.15. The van der Waals surface area contributed by atoms with Crippen LogP contribution in [0.5, 0.6) is 0 Å². The highest BCUT2D eigenvalue weighted by atomic mass is 15.1. The van der Waals surface area contributed by atoms with Crippen LogP contribution in [0, 0.1) is 0 Å². The summed E-state index contributed by atoms with van der Waals surface area (Å²) in [5.74, 6) is 0.896. The lowest BCUT2D eigenvalue weighted by atomic mass is 10.1. The van der Waals surface area contributed by atoms with Crippen LogP contribution >= 0.6 is 0 Å². The number of aromatic nitrogens is 2. The van der Waals surface area contributed by atoms with E-state index in [1.165, 1.54) is 0 Å². The normalized spacial score (nSPS) is 16.1. The molecule has 98 valence electrons. The van der Waals surface area contributed by atoms with E-state index in [0.29, 0.717) is 6.04 Å². The van der Waals surface area contributed by atoms with E-state index in [0.717, 1.165) is 42.9 Å². The van der Waals surface area contributed by atoms with Gasteiger partial charge in [-0.1, -0.05) is 26.0 Å². The summed E-state index contributed by atoms with van der Waals surface area (Å²) in [6.07, 6.45) is 2.33. The van der Waals surface area contributed by atoms with Gasteiger partial charge in [-0.25, -0.2) is 4.98 Å². The quantitative estimate of drug-likeness (QED) is 0.763. The number of rotatable bonds is 2. The summed E-state index contributed by atoms with van der Waals surface area (Å²) < 4.78 is 0. The largest absolute Gasteiger partial charge is 0.353 e. The third kappa shape index (κ3) is 3.01. The van der Waals surface area contributed by atoms with E-state index in [-0.39, 0.29) is 0 Å². The topological polar surface area (TPSA) is 52.7 Å². The van der Waals surface area contributed by atoms with Crippen LogP contribution in [0.15, 0.2) is 24.3 Å². The molecule has 0 bridgehead atoms. The van der Waals surface area contributed by atoms with E-state index in [1.54, 1.807) is 0 Å². The maximum absolute atomic E-state index is 4.52. The molecule has 0 amide bonds. The van der Waals surface area contributed by atoms with Crippen LogP contribution in [0.2, 0.25) is 0 Å². The molecule has 1 aliphatic heterocycles. The first-order valence-corrected chi connectivity index (χ1v) is 6.84. The third-order valence-electron chi connectivity index (χ3n) is 3.07. The average Bonchev–Trinajstić information content (AvgIpc) is 2.84. The third-order valence-corrected chi connectivity index (χ3v) is 3.07. The zero-order chi connectivity index (χ0) is 12.8. The van der Waals surface area contributed by atoms with Crippen molar-refractivity contribution in [2.45, 2.75) is 32.7 Å². The molecule has 4 nitrogen and oxygen atoms in total. The lowest BCUT2D eigenvalue weighted by Crippen LogP contribution is -2.35. The predicted molar refractivity (Wildman–Crippen MR) is 77.0 cm³/mol. The second-order valence-electron chi connectivity index (χ2n) is 4.27. The number of imidazole rings is 1. The van der Waals surface area contributed by atoms with Crippen LogP contribution in [0.1, 0.15) is 26.7 Å². The molecule has 18 heavy (non-hydrogen) atoms. The Balaban J connectivity index is 0.000000574. The molecule has 1 aliphatic rings. The van der Waals surface area contributed by atoms with Crippen molar-refractivity contribution in [3.05, 3.63) is 24.3 Å². The Bertz CT molecular complexity index is 438. The van der Waals surface area contributed by atoms with Crippen molar-refractivity contribution >= 4 is 17.0 Å². The Hall–Kier alpha value is -1.55. The number of fused-ring (bicyclic) bond motifs is 1. The molecular weight excluding hydrogens is 224 g/mol. The summed E-state index contributed by atoms with van der Waals surface area (Å²) in [7, 11) is 0. The SMILES string of the molecule is CC.c1ccc2[nH]c(NC3CCNCC3)nc2c1. The lowest BCUT2D eigenvalue weighted by Gasteiger charge is -2.23.